The van der Waals surface area contributed by atoms with Crippen molar-refractivity contribution in [3.63, 3.8) is 0 Å². The molecule has 0 unspecified atom stereocenters. The Labute approximate surface area is 187 Å². The fourth-order valence-electron chi connectivity index (χ4n) is 4.86. The van der Waals surface area contributed by atoms with Crippen molar-refractivity contribution in [2.45, 2.75) is 50.6 Å². The third-order valence-electron chi connectivity index (χ3n) is 6.41. The van der Waals surface area contributed by atoms with Crippen LogP contribution in [-0.2, 0) is 14.3 Å². The third-order valence-corrected chi connectivity index (χ3v) is 6.41. The van der Waals surface area contributed by atoms with Crippen molar-refractivity contribution in [3.05, 3.63) is 59.7 Å². The molecule has 0 bridgehead atoms. The highest BCUT2D eigenvalue weighted by Gasteiger charge is 2.35. The van der Waals surface area contributed by atoms with Crippen molar-refractivity contribution >= 4 is 18.0 Å². The second-order valence-electron chi connectivity index (χ2n) is 8.36. The molecule has 2 aromatic carbocycles. The van der Waals surface area contributed by atoms with Gasteiger partial charge < -0.3 is 20.1 Å². The van der Waals surface area contributed by atoms with Crippen molar-refractivity contribution in [1.82, 2.24) is 10.2 Å². The van der Waals surface area contributed by atoms with E-state index in [0.29, 0.717) is 19.4 Å². The van der Waals surface area contributed by atoms with Crippen LogP contribution in [0.5, 0.6) is 0 Å². The van der Waals surface area contributed by atoms with Crippen LogP contribution in [0.4, 0.5) is 4.79 Å². The summed E-state index contributed by atoms with van der Waals surface area (Å²) < 4.78 is 5.56. The zero-order chi connectivity index (χ0) is 22.7. The van der Waals surface area contributed by atoms with Crippen LogP contribution in [0, 0.1) is 0 Å². The summed E-state index contributed by atoms with van der Waals surface area (Å²) in [6, 6.07) is 15.1. The number of carboxylic acids is 1. The molecule has 1 aliphatic heterocycles. The average Bonchev–Trinajstić information content (AvgIpc) is 3.37. The van der Waals surface area contributed by atoms with Gasteiger partial charge >= 0.3 is 12.1 Å². The molecule has 168 valence electrons. The van der Waals surface area contributed by atoms with E-state index in [2.05, 4.69) is 29.6 Å². The number of benzene rings is 2. The Morgan fingerprint density at radius 3 is 2.31 bits per heavy atom. The number of alkyl carbamates (subject to hydrolysis) is 1. The fourth-order valence-corrected chi connectivity index (χ4v) is 4.86. The Morgan fingerprint density at radius 2 is 1.72 bits per heavy atom. The maximum absolute atomic E-state index is 13.0. The van der Waals surface area contributed by atoms with Crippen molar-refractivity contribution in [2.75, 3.05) is 13.2 Å². The van der Waals surface area contributed by atoms with Gasteiger partial charge in [-0.1, -0.05) is 55.5 Å². The van der Waals surface area contributed by atoms with Crippen LogP contribution >= 0.6 is 0 Å². The Balaban J connectivity index is 1.39. The van der Waals surface area contributed by atoms with Crippen molar-refractivity contribution in [2.24, 2.45) is 0 Å². The number of nitrogens with one attached hydrogen (secondary N) is 1. The number of nitrogens with zero attached hydrogens (tertiary/aromatic N) is 1. The highest BCUT2D eigenvalue weighted by atomic mass is 16.5. The number of hydrogen-bond acceptors (Lipinski definition) is 4. The van der Waals surface area contributed by atoms with Crippen molar-refractivity contribution < 1.29 is 24.2 Å². The molecule has 0 radical (unpaired) electrons. The van der Waals surface area contributed by atoms with Gasteiger partial charge in [0.25, 0.3) is 0 Å². The summed E-state index contributed by atoms with van der Waals surface area (Å²) in [6.45, 7) is 2.50. The number of carboxylic acid groups (broad SMARTS) is 1. The maximum atomic E-state index is 13.0. The van der Waals surface area contributed by atoms with E-state index in [1.165, 1.54) is 0 Å². The summed E-state index contributed by atoms with van der Waals surface area (Å²) in [4.78, 5) is 38.2. The smallest absolute Gasteiger partial charge is 0.407 e. The molecule has 1 saturated heterocycles. The molecule has 32 heavy (non-hydrogen) atoms. The minimum atomic E-state index is -0.924. The van der Waals surface area contributed by atoms with E-state index in [-0.39, 0.29) is 30.9 Å². The lowest BCUT2D eigenvalue weighted by Gasteiger charge is -2.28. The first-order valence-corrected chi connectivity index (χ1v) is 11.1. The lowest BCUT2D eigenvalue weighted by molar-refractivity contribution is -0.140. The predicted molar refractivity (Wildman–Crippen MR) is 119 cm³/mol. The molecule has 1 aliphatic carbocycles. The molecule has 2 aromatic rings. The van der Waals surface area contributed by atoms with Gasteiger partial charge in [0.2, 0.25) is 5.91 Å². The number of likely N-dealkylation sites (tertiary alicyclic amines) is 1. The molecule has 4 rings (SSSR count). The van der Waals surface area contributed by atoms with E-state index >= 15 is 0 Å². The van der Waals surface area contributed by atoms with Crippen LogP contribution in [0.2, 0.25) is 0 Å². The number of rotatable bonds is 7. The van der Waals surface area contributed by atoms with Crippen LogP contribution < -0.4 is 5.32 Å². The fraction of sp³-hybridized carbons (Fsp3) is 0.400. The van der Waals surface area contributed by atoms with Gasteiger partial charge in [-0.25, -0.2) is 4.79 Å². The van der Waals surface area contributed by atoms with Gasteiger partial charge in [0, 0.05) is 18.5 Å². The molecule has 0 aromatic heterocycles. The van der Waals surface area contributed by atoms with Crippen LogP contribution in [-0.4, -0.2) is 53.2 Å². The quantitative estimate of drug-likeness (QED) is 0.689. The normalized spacial score (nSPS) is 18.0. The minimum Gasteiger partial charge on any atom is -0.481 e. The van der Waals surface area contributed by atoms with Gasteiger partial charge in [-0.15, -0.1) is 0 Å². The van der Waals surface area contributed by atoms with E-state index in [0.717, 1.165) is 28.7 Å². The number of hydrogen-bond donors (Lipinski definition) is 2. The monoisotopic (exact) mass is 436 g/mol. The Bertz CT molecular complexity index is 975. The summed E-state index contributed by atoms with van der Waals surface area (Å²) >= 11 is 0. The molecule has 0 saturated carbocycles. The zero-order valence-electron chi connectivity index (χ0n) is 18.1. The van der Waals surface area contributed by atoms with Gasteiger partial charge in [-0.3, -0.25) is 9.59 Å². The van der Waals surface area contributed by atoms with Crippen LogP contribution in [0.1, 0.15) is 49.7 Å². The SMILES string of the molecule is CC[C@@H](NC(=O)OCC1c2ccccc2-c2ccccc21)C(=O)N1CCC[C@@H]1CC(=O)O. The molecule has 7 heteroatoms. The highest BCUT2D eigenvalue weighted by Crippen LogP contribution is 2.44. The molecule has 7 nitrogen and oxygen atoms in total. The number of carbonyl (C=O) groups is 3. The Hall–Kier alpha value is -3.35. The summed E-state index contributed by atoms with van der Waals surface area (Å²) in [5, 5.41) is 11.8. The van der Waals surface area contributed by atoms with Gasteiger partial charge in [0.1, 0.15) is 12.6 Å². The molecule has 2 N–H and O–H groups in total. The maximum Gasteiger partial charge on any atom is 0.407 e. The Morgan fingerprint density at radius 1 is 1.09 bits per heavy atom. The van der Waals surface area contributed by atoms with Crippen LogP contribution in [0.3, 0.4) is 0 Å². The first-order valence-electron chi connectivity index (χ1n) is 11.1. The standard InChI is InChI=1S/C25H28N2O5/c1-2-22(24(30)27-13-7-8-16(27)14-23(28)29)26-25(31)32-15-21-19-11-5-3-9-17(19)18-10-4-6-12-20(18)21/h3-6,9-12,16,21-22H,2,7-8,13-15H2,1H3,(H,26,31)(H,28,29)/t16-,22-/m1/s1. The van der Waals surface area contributed by atoms with Crippen molar-refractivity contribution in [1.29, 1.82) is 0 Å². The van der Waals surface area contributed by atoms with E-state index in [4.69, 9.17) is 9.84 Å². The molecule has 2 aliphatic rings. The lowest BCUT2D eigenvalue weighted by atomic mass is 9.98. The van der Waals surface area contributed by atoms with E-state index in [1.807, 2.05) is 31.2 Å². The summed E-state index contributed by atoms with van der Waals surface area (Å²) in [7, 11) is 0. The molecule has 1 fully saturated rings. The Kier molecular flexibility index (Phi) is 6.44. The van der Waals surface area contributed by atoms with Crippen LogP contribution in [0.15, 0.2) is 48.5 Å². The number of ether oxygens (including phenoxy) is 1. The second-order valence-corrected chi connectivity index (χ2v) is 8.36. The first-order chi connectivity index (χ1) is 15.5. The van der Waals surface area contributed by atoms with E-state index < -0.39 is 18.1 Å². The van der Waals surface area contributed by atoms with Gasteiger partial charge in [-0.2, -0.15) is 0 Å². The number of carbonyl (C=O) groups excluding carboxylic acids is 2. The van der Waals surface area contributed by atoms with E-state index in [9.17, 15) is 14.4 Å². The average molecular weight is 437 g/mol. The molecule has 1 heterocycles. The molecule has 0 spiro atoms. The molecule has 2 amide bonds. The lowest BCUT2D eigenvalue weighted by Crippen LogP contribution is -2.50. The highest BCUT2D eigenvalue weighted by molar-refractivity contribution is 5.86. The van der Waals surface area contributed by atoms with Gasteiger partial charge in [0.05, 0.1) is 6.42 Å². The molecular formula is C25H28N2O5. The number of fused-ring (bicyclic) bond motifs is 3. The summed E-state index contributed by atoms with van der Waals surface area (Å²) in [5.41, 5.74) is 4.55. The zero-order valence-corrected chi connectivity index (χ0v) is 18.1. The number of aliphatic carboxylic acids is 1. The minimum absolute atomic E-state index is 0.0533. The predicted octanol–water partition coefficient (Wildman–Crippen LogP) is 3.77. The topological polar surface area (TPSA) is 95.9 Å². The third kappa shape index (κ3) is 4.33. The van der Waals surface area contributed by atoms with Gasteiger partial charge in [-0.05, 0) is 41.5 Å². The largest absolute Gasteiger partial charge is 0.481 e. The van der Waals surface area contributed by atoms with E-state index in [1.54, 1.807) is 4.90 Å². The molecule has 2 atom stereocenters. The number of amides is 2. The van der Waals surface area contributed by atoms with Crippen LogP contribution in [0.25, 0.3) is 11.1 Å². The summed E-state index contributed by atoms with van der Waals surface area (Å²) in [5.74, 6) is -1.22. The molecular weight excluding hydrogens is 408 g/mol. The second kappa shape index (κ2) is 9.42. The summed E-state index contributed by atoms with van der Waals surface area (Å²) in [6.07, 6.45) is 1.12. The van der Waals surface area contributed by atoms with Crippen molar-refractivity contribution in [3.8, 4) is 11.1 Å². The van der Waals surface area contributed by atoms with Gasteiger partial charge in [0.15, 0.2) is 0 Å². The first kappa shape index (κ1) is 21.9.